The number of carbonyl (C=O) groups is 1. The molecular formula is C16H21NO3. The van der Waals surface area contributed by atoms with E-state index in [-0.39, 0.29) is 16.1 Å². The molecule has 1 aliphatic carbocycles. The monoisotopic (exact) mass is 275 g/mol. The fraction of sp³-hybridized carbons (Fsp3) is 0.562. The topological polar surface area (TPSA) is 60.2 Å². The van der Waals surface area contributed by atoms with Crippen molar-refractivity contribution in [3.63, 3.8) is 0 Å². The molecule has 0 spiro atoms. The molecule has 4 heteroatoms. The molecule has 0 aromatic heterocycles. The lowest BCUT2D eigenvalue weighted by Gasteiger charge is -2.29. The zero-order valence-electron chi connectivity index (χ0n) is 12.3. The van der Waals surface area contributed by atoms with Crippen LogP contribution in [0, 0.1) is 10.1 Å². The summed E-state index contributed by atoms with van der Waals surface area (Å²) in [6.45, 7) is 6.19. The molecule has 0 heterocycles. The molecule has 0 aliphatic heterocycles. The van der Waals surface area contributed by atoms with Crippen LogP contribution in [0.25, 0.3) is 0 Å². The van der Waals surface area contributed by atoms with Gasteiger partial charge in [0.2, 0.25) is 5.78 Å². The first-order chi connectivity index (χ1) is 9.28. The van der Waals surface area contributed by atoms with Crippen LogP contribution in [0.15, 0.2) is 24.3 Å². The number of nitro groups is 1. The van der Waals surface area contributed by atoms with E-state index in [9.17, 15) is 14.9 Å². The highest BCUT2D eigenvalue weighted by Gasteiger charge is 2.53. The summed E-state index contributed by atoms with van der Waals surface area (Å²) in [5.74, 6) is -0.250. The Bertz CT molecular complexity index is 545. The zero-order valence-corrected chi connectivity index (χ0v) is 12.3. The number of rotatable bonds is 2. The average molecular weight is 275 g/mol. The van der Waals surface area contributed by atoms with Gasteiger partial charge in [-0.2, -0.15) is 0 Å². The number of carbonyl (C=O) groups excluding carboxylic acids is 1. The van der Waals surface area contributed by atoms with Crippen LogP contribution < -0.4 is 0 Å². The van der Waals surface area contributed by atoms with Gasteiger partial charge in [-0.15, -0.1) is 0 Å². The third-order valence-corrected chi connectivity index (χ3v) is 4.17. The van der Waals surface area contributed by atoms with Crippen LogP contribution in [0.3, 0.4) is 0 Å². The van der Waals surface area contributed by atoms with E-state index in [0.717, 1.165) is 18.4 Å². The standard InChI is InChI=1S/C16H21NO3/c1-15(2,3)12-7-6-8-13(11-12)16(17(19)20)10-5-4-9-14(16)18/h6-8,11H,4-5,9-10H2,1-3H3. The first-order valence-corrected chi connectivity index (χ1v) is 7.07. The van der Waals surface area contributed by atoms with E-state index in [2.05, 4.69) is 20.8 Å². The van der Waals surface area contributed by atoms with Crippen LogP contribution in [0.5, 0.6) is 0 Å². The maximum absolute atomic E-state index is 12.3. The fourth-order valence-electron chi connectivity index (χ4n) is 2.86. The molecule has 108 valence electrons. The summed E-state index contributed by atoms with van der Waals surface area (Å²) in [6, 6.07) is 7.35. The number of nitrogens with zero attached hydrogens (tertiary/aromatic N) is 1. The van der Waals surface area contributed by atoms with E-state index in [4.69, 9.17) is 0 Å². The minimum atomic E-state index is -1.53. The van der Waals surface area contributed by atoms with Crippen molar-refractivity contribution in [3.05, 3.63) is 45.5 Å². The highest BCUT2D eigenvalue weighted by Crippen LogP contribution is 2.38. The summed E-state index contributed by atoms with van der Waals surface area (Å²) in [5, 5.41) is 11.6. The SMILES string of the molecule is CC(C)(C)c1cccc(C2([N+](=O)[O-])CCCCC2=O)c1. The Balaban J connectivity index is 2.56. The average Bonchev–Trinajstić information content (AvgIpc) is 2.38. The van der Waals surface area contributed by atoms with E-state index < -0.39 is 5.54 Å². The van der Waals surface area contributed by atoms with Crippen LogP contribution in [-0.2, 0) is 15.7 Å². The second kappa shape index (κ2) is 5.00. The van der Waals surface area contributed by atoms with E-state index in [0.29, 0.717) is 18.4 Å². The van der Waals surface area contributed by atoms with Crippen LogP contribution >= 0.6 is 0 Å². The van der Waals surface area contributed by atoms with Crippen LogP contribution in [0.2, 0.25) is 0 Å². The van der Waals surface area contributed by atoms with Gasteiger partial charge in [0.25, 0.3) is 0 Å². The van der Waals surface area contributed by atoms with Gasteiger partial charge in [0, 0.05) is 23.3 Å². The number of hydrogen-bond acceptors (Lipinski definition) is 3. The first-order valence-electron chi connectivity index (χ1n) is 7.07. The number of ketones is 1. The fourth-order valence-corrected chi connectivity index (χ4v) is 2.86. The Hall–Kier alpha value is -1.71. The van der Waals surface area contributed by atoms with Crippen molar-refractivity contribution in [1.29, 1.82) is 0 Å². The second-order valence-corrected chi connectivity index (χ2v) is 6.58. The van der Waals surface area contributed by atoms with Crippen molar-refractivity contribution in [1.82, 2.24) is 0 Å². The molecule has 1 aromatic carbocycles. The van der Waals surface area contributed by atoms with Gasteiger partial charge in [-0.3, -0.25) is 14.9 Å². The van der Waals surface area contributed by atoms with Crippen molar-refractivity contribution in [3.8, 4) is 0 Å². The molecule has 4 nitrogen and oxygen atoms in total. The molecule has 2 rings (SSSR count). The zero-order chi connectivity index (χ0) is 15.0. The Kier molecular flexibility index (Phi) is 3.67. The van der Waals surface area contributed by atoms with Gasteiger partial charge < -0.3 is 0 Å². The molecule has 1 aliphatic rings. The van der Waals surface area contributed by atoms with E-state index in [1.807, 2.05) is 18.2 Å². The van der Waals surface area contributed by atoms with E-state index in [1.54, 1.807) is 6.07 Å². The van der Waals surface area contributed by atoms with Gasteiger partial charge >= 0.3 is 5.54 Å². The quantitative estimate of drug-likeness (QED) is 0.612. The third kappa shape index (κ3) is 2.35. The van der Waals surface area contributed by atoms with Gasteiger partial charge in [-0.05, 0) is 29.9 Å². The lowest BCUT2D eigenvalue weighted by molar-refractivity contribution is -0.563. The summed E-state index contributed by atoms with van der Waals surface area (Å²) in [6.07, 6.45) is 2.10. The summed E-state index contributed by atoms with van der Waals surface area (Å²) in [7, 11) is 0. The molecule has 0 bridgehead atoms. The van der Waals surface area contributed by atoms with Gasteiger partial charge in [-0.25, -0.2) is 0 Å². The van der Waals surface area contributed by atoms with Gasteiger partial charge in [-0.1, -0.05) is 39.0 Å². The molecule has 1 unspecified atom stereocenters. The molecule has 0 saturated heterocycles. The Morgan fingerprint density at radius 2 is 1.95 bits per heavy atom. The molecule has 20 heavy (non-hydrogen) atoms. The summed E-state index contributed by atoms with van der Waals surface area (Å²) >= 11 is 0. The Morgan fingerprint density at radius 1 is 1.25 bits per heavy atom. The van der Waals surface area contributed by atoms with Crippen molar-refractivity contribution >= 4 is 5.78 Å². The van der Waals surface area contributed by atoms with Crippen molar-refractivity contribution in [2.45, 2.75) is 57.4 Å². The molecule has 0 N–H and O–H groups in total. The maximum atomic E-state index is 12.3. The Morgan fingerprint density at radius 3 is 2.50 bits per heavy atom. The highest BCUT2D eigenvalue weighted by molar-refractivity contribution is 5.89. The van der Waals surface area contributed by atoms with Gasteiger partial charge in [0.1, 0.15) is 0 Å². The van der Waals surface area contributed by atoms with E-state index >= 15 is 0 Å². The van der Waals surface area contributed by atoms with Crippen LogP contribution in [0.4, 0.5) is 0 Å². The second-order valence-electron chi connectivity index (χ2n) is 6.58. The van der Waals surface area contributed by atoms with Crippen molar-refractivity contribution in [2.24, 2.45) is 0 Å². The van der Waals surface area contributed by atoms with Gasteiger partial charge in [0.15, 0.2) is 0 Å². The van der Waals surface area contributed by atoms with Crippen LogP contribution in [0.1, 0.15) is 57.6 Å². The smallest absolute Gasteiger partial charge is 0.291 e. The largest absolute Gasteiger partial charge is 0.304 e. The molecule has 1 aromatic rings. The van der Waals surface area contributed by atoms with Crippen LogP contribution in [-0.4, -0.2) is 10.7 Å². The summed E-state index contributed by atoms with van der Waals surface area (Å²) in [4.78, 5) is 23.5. The third-order valence-electron chi connectivity index (χ3n) is 4.17. The van der Waals surface area contributed by atoms with Gasteiger partial charge in [0.05, 0.1) is 0 Å². The number of hydrogen-bond donors (Lipinski definition) is 0. The summed E-state index contributed by atoms with van der Waals surface area (Å²) in [5.41, 5.74) is -0.0559. The molecule has 0 radical (unpaired) electrons. The molecule has 1 atom stereocenters. The summed E-state index contributed by atoms with van der Waals surface area (Å²) < 4.78 is 0. The molecule has 0 amide bonds. The normalized spacial score (nSPS) is 23.6. The Labute approximate surface area is 119 Å². The molecular weight excluding hydrogens is 254 g/mol. The minimum absolute atomic E-state index is 0.0918. The van der Waals surface area contributed by atoms with E-state index in [1.165, 1.54) is 0 Å². The van der Waals surface area contributed by atoms with Crippen molar-refractivity contribution in [2.75, 3.05) is 0 Å². The molecule has 1 saturated carbocycles. The van der Waals surface area contributed by atoms with Crippen molar-refractivity contribution < 1.29 is 9.72 Å². The predicted octanol–water partition coefficient (Wildman–Crippen LogP) is 3.60. The number of Topliss-reactive ketones (excluding diaryl/α,β-unsaturated/α-hetero) is 1. The lowest BCUT2D eigenvalue weighted by atomic mass is 9.74. The highest BCUT2D eigenvalue weighted by atomic mass is 16.6. The predicted molar refractivity (Wildman–Crippen MR) is 77.3 cm³/mol. The minimum Gasteiger partial charge on any atom is -0.291 e. The maximum Gasteiger partial charge on any atom is 0.304 e. The first kappa shape index (κ1) is 14.7. The number of benzene rings is 1. The molecule has 1 fully saturated rings. The lowest BCUT2D eigenvalue weighted by Crippen LogP contribution is -2.45.